The van der Waals surface area contributed by atoms with Gasteiger partial charge in [0.1, 0.15) is 12.2 Å². The first-order valence-corrected chi connectivity index (χ1v) is 12.0. The molecule has 1 aliphatic heterocycles. The lowest BCUT2D eigenvalue weighted by atomic mass is 10.1. The van der Waals surface area contributed by atoms with Crippen LogP contribution in [0.4, 0.5) is 10.5 Å². The summed E-state index contributed by atoms with van der Waals surface area (Å²) >= 11 is 3.39. The molecule has 0 spiro atoms. The minimum atomic E-state index is -0.705. The topological polar surface area (TPSA) is 123 Å². The van der Waals surface area contributed by atoms with Crippen LogP contribution in [0.1, 0.15) is 25.0 Å². The van der Waals surface area contributed by atoms with Crippen LogP contribution in [0.15, 0.2) is 46.6 Å². The van der Waals surface area contributed by atoms with Crippen LogP contribution in [0.5, 0.6) is 11.5 Å². The lowest BCUT2D eigenvalue weighted by molar-refractivity contribution is -0.145. The molecule has 0 saturated carbocycles. The molecule has 2 aromatic rings. The van der Waals surface area contributed by atoms with Crippen molar-refractivity contribution in [3.05, 3.63) is 57.7 Å². The van der Waals surface area contributed by atoms with E-state index in [1.807, 2.05) is 13.0 Å². The van der Waals surface area contributed by atoms with Gasteiger partial charge in [-0.1, -0.05) is 12.1 Å². The van der Waals surface area contributed by atoms with E-state index in [1.165, 1.54) is 6.08 Å². The number of ether oxygens (including phenoxy) is 3. The average molecular weight is 560 g/mol. The summed E-state index contributed by atoms with van der Waals surface area (Å²) in [4.78, 5) is 50.1. The lowest BCUT2D eigenvalue weighted by Crippen LogP contribution is -2.38. The van der Waals surface area contributed by atoms with Gasteiger partial charge in [-0.05, 0) is 78.2 Å². The molecular weight excluding hydrogens is 534 g/mol. The molecule has 4 amide bonds. The molecule has 3 rings (SSSR count). The van der Waals surface area contributed by atoms with Crippen LogP contribution in [0.3, 0.4) is 0 Å². The molecule has 0 aromatic heterocycles. The van der Waals surface area contributed by atoms with Crippen LogP contribution in [0, 0.1) is 6.92 Å². The van der Waals surface area contributed by atoms with E-state index in [0.717, 1.165) is 10.5 Å². The SMILES string of the molecule is CCOC(=O)COc1c(Br)cc(/C=C2/NC(=O)N(CC(=O)Nc3cccc(C)c3)C2=O)cc1OCC. The largest absolute Gasteiger partial charge is 0.490 e. The van der Waals surface area contributed by atoms with Gasteiger partial charge in [-0.15, -0.1) is 0 Å². The normalized spacial score (nSPS) is 14.0. The molecule has 1 saturated heterocycles. The Morgan fingerprint density at radius 2 is 1.89 bits per heavy atom. The standard InChI is InChI=1S/C25H26BrN3O7/c1-4-34-20-12-16(10-18(26)23(20)36-14-22(31)35-5-2)11-19-24(32)29(25(33)28-19)13-21(30)27-17-8-6-7-15(3)9-17/h6-12H,4-5,13-14H2,1-3H3,(H,27,30)(H,28,33)/b19-11+. The van der Waals surface area contributed by atoms with Gasteiger partial charge >= 0.3 is 12.0 Å². The zero-order chi connectivity index (χ0) is 26.2. The zero-order valence-corrected chi connectivity index (χ0v) is 21.6. The fraction of sp³-hybridized carbons (Fsp3) is 0.280. The summed E-state index contributed by atoms with van der Waals surface area (Å²) < 4.78 is 16.5. The van der Waals surface area contributed by atoms with Gasteiger partial charge in [0.15, 0.2) is 18.1 Å². The van der Waals surface area contributed by atoms with Crippen LogP contribution in [-0.4, -0.2) is 55.1 Å². The van der Waals surface area contributed by atoms with Crippen molar-refractivity contribution in [3.8, 4) is 11.5 Å². The number of carbonyl (C=O) groups excluding carboxylic acids is 4. The Bertz CT molecular complexity index is 1210. The van der Waals surface area contributed by atoms with Gasteiger partial charge in [0.25, 0.3) is 5.91 Å². The summed E-state index contributed by atoms with van der Waals surface area (Å²) in [6.45, 7) is 5.18. The highest BCUT2D eigenvalue weighted by Gasteiger charge is 2.35. The first kappa shape index (κ1) is 26.7. The Labute approximate surface area is 216 Å². The van der Waals surface area contributed by atoms with Crippen LogP contribution in [-0.2, 0) is 19.1 Å². The average Bonchev–Trinajstić information content (AvgIpc) is 3.06. The highest BCUT2D eigenvalue weighted by Crippen LogP contribution is 2.37. The Kier molecular flexibility index (Phi) is 9.07. The second kappa shape index (κ2) is 12.2. The predicted octanol–water partition coefficient (Wildman–Crippen LogP) is 3.63. The number of amides is 4. The predicted molar refractivity (Wildman–Crippen MR) is 135 cm³/mol. The number of nitrogens with zero attached hydrogens (tertiary/aromatic N) is 1. The maximum atomic E-state index is 12.8. The number of carbonyl (C=O) groups is 4. The molecule has 0 atom stereocenters. The minimum Gasteiger partial charge on any atom is -0.490 e. The van der Waals surface area contributed by atoms with Gasteiger partial charge in [0.05, 0.1) is 17.7 Å². The number of aryl methyl sites for hydroxylation is 1. The molecule has 0 unspecified atom stereocenters. The zero-order valence-electron chi connectivity index (χ0n) is 20.1. The van der Waals surface area contributed by atoms with E-state index < -0.39 is 30.4 Å². The number of rotatable bonds is 10. The number of imide groups is 1. The van der Waals surface area contributed by atoms with E-state index in [9.17, 15) is 19.2 Å². The smallest absolute Gasteiger partial charge is 0.344 e. The molecule has 1 aliphatic rings. The maximum absolute atomic E-state index is 12.8. The first-order chi connectivity index (χ1) is 17.2. The van der Waals surface area contributed by atoms with E-state index in [-0.39, 0.29) is 18.9 Å². The van der Waals surface area contributed by atoms with Crippen LogP contribution < -0.4 is 20.1 Å². The second-order valence-corrected chi connectivity index (χ2v) is 8.51. The lowest BCUT2D eigenvalue weighted by Gasteiger charge is -2.14. The number of hydrogen-bond donors (Lipinski definition) is 2. The molecule has 10 nitrogen and oxygen atoms in total. The summed E-state index contributed by atoms with van der Waals surface area (Å²) in [6, 6.07) is 9.72. The summed E-state index contributed by atoms with van der Waals surface area (Å²) in [5.74, 6) is -1.05. The van der Waals surface area contributed by atoms with Crippen molar-refractivity contribution in [3.63, 3.8) is 0 Å². The third kappa shape index (κ3) is 6.85. The third-order valence-corrected chi connectivity index (χ3v) is 5.44. The van der Waals surface area contributed by atoms with Gasteiger partial charge in [-0.3, -0.25) is 9.59 Å². The molecule has 0 aliphatic carbocycles. The summed E-state index contributed by atoms with van der Waals surface area (Å²) in [6.07, 6.45) is 1.46. The van der Waals surface area contributed by atoms with E-state index in [1.54, 1.807) is 44.2 Å². The van der Waals surface area contributed by atoms with Crippen LogP contribution in [0.2, 0.25) is 0 Å². The van der Waals surface area contributed by atoms with Crippen molar-refractivity contribution < 1.29 is 33.4 Å². The molecular formula is C25H26BrN3O7. The Hall–Kier alpha value is -3.86. The van der Waals surface area contributed by atoms with Crippen LogP contribution in [0.25, 0.3) is 6.08 Å². The van der Waals surface area contributed by atoms with E-state index >= 15 is 0 Å². The van der Waals surface area contributed by atoms with Gasteiger partial charge in [0.2, 0.25) is 5.91 Å². The van der Waals surface area contributed by atoms with Crippen molar-refractivity contribution in [2.75, 3.05) is 31.7 Å². The Morgan fingerprint density at radius 1 is 1.11 bits per heavy atom. The maximum Gasteiger partial charge on any atom is 0.344 e. The summed E-state index contributed by atoms with van der Waals surface area (Å²) in [5, 5.41) is 5.17. The van der Waals surface area contributed by atoms with Crippen molar-refractivity contribution in [2.45, 2.75) is 20.8 Å². The molecule has 36 heavy (non-hydrogen) atoms. The highest BCUT2D eigenvalue weighted by atomic mass is 79.9. The number of benzene rings is 2. The molecule has 190 valence electrons. The van der Waals surface area contributed by atoms with Gasteiger partial charge in [-0.25, -0.2) is 14.5 Å². The second-order valence-electron chi connectivity index (χ2n) is 7.65. The number of esters is 1. The summed E-state index contributed by atoms with van der Waals surface area (Å²) in [7, 11) is 0. The Balaban J connectivity index is 1.75. The molecule has 2 N–H and O–H groups in total. The van der Waals surface area contributed by atoms with Crippen molar-refractivity contribution in [1.29, 1.82) is 0 Å². The van der Waals surface area contributed by atoms with Gasteiger partial charge in [0, 0.05) is 5.69 Å². The van der Waals surface area contributed by atoms with E-state index in [2.05, 4.69) is 26.6 Å². The number of nitrogens with one attached hydrogen (secondary N) is 2. The quantitative estimate of drug-likeness (QED) is 0.259. The molecule has 1 fully saturated rings. The number of hydrogen-bond acceptors (Lipinski definition) is 7. The van der Waals surface area contributed by atoms with Crippen molar-refractivity contribution in [2.24, 2.45) is 0 Å². The number of halogens is 1. The van der Waals surface area contributed by atoms with Crippen molar-refractivity contribution in [1.82, 2.24) is 10.2 Å². The van der Waals surface area contributed by atoms with Gasteiger partial charge in [-0.2, -0.15) is 0 Å². The Morgan fingerprint density at radius 3 is 2.58 bits per heavy atom. The van der Waals surface area contributed by atoms with Crippen molar-refractivity contribution >= 4 is 51.5 Å². The van der Waals surface area contributed by atoms with Gasteiger partial charge < -0.3 is 24.8 Å². The minimum absolute atomic E-state index is 0.00195. The third-order valence-electron chi connectivity index (χ3n) is 4.85. The molecule has 1 heterocycles. The van der Waals surface area contributed by atoms with Crippen LogP contribution >= 0.6 is 15.9 Å². The molecule has 0 bridgehead atoms. The number of anilines is 1. The monoisotopic (exact) mass is 559 g/mol. The van der Waals surface area contributed by atoms with E-state index in [4.69, 9.17) is 14.2 Å². The molecule has 2 aromatic carbocycles. The summed E-state index contributed by atoms with van der Waals surface area (Å²) in [5.41, 5.74) is 2.05. The fourth-order valence-corrected chi connectivity index (χ4v) is 3.93. The highest BCUT2D eigenvalue weighted by molar-refractivity contribution is 9.10. The number of urea groups is 1. The first-order valence-electron chi connectivity index (χ1n) is 11.2. The molecule has 0 radical (unpaired) electrons. The van der Waals surface area contributed by atoms with E-state index in [0.29, 0.717) is 33.8 Å². The fourth-order valence-electron chi connectivity index (χ4n) is 3.36. The molecule has 11 heteroatoms.